The van der Waals surface area contributed by atoms with Crippen LogP contribution in [0.5, 0.6) is 0 Å². The number of hydrogen-bond donors (Lipinski definition) is 1. The highest BCUT2D eigenvalue weighted by Crippen LogP contribution is 2.21. The summed E-state index contributed by atoms with van der Waals surface area (Å²) in [5, 5.41) is 7.09. The predicted molar refractivity (Wildman–Crippen MR) is 91.8 cm³/mol. The number of thiophene rings is 1. The minimum absolute atomic E-state index is 0.134. The van der Waals surface area contributed by atoms with Gasteiger partial charge in [-0.15, -0.1) is 0 Å². The number of nitrogens with one attached hydrogen (secondary N) is 1. The van der Waals surface area contributed by atoms with E-state index in [1.165, 1.54) is 5.56 Å². The molecule has 0 aliphatic rings. The van der Waals surface area contributed by atoms with Crippen molar-refractivity contribution >= 4 is 28.3 Å². The molecule has 0 saturated carbocycles. The normalized spacial score (nSPS) is 12.7. The molecule has 23 heavy (non-hydrogen) atoms. The summed E-state index contributed by atoms with van der Waals surface area (Å²) in [6, 6.07) is 7.60. The zero-order chi connectivity index (χ0) is 16.4. The van der Waals surface area contributed by atoms with Gasteiger partial charge in [0.05, 0.1) is 6.04 Å². The molecule has 5 nitrogen and oxygen atoms in total. The first kappa shape index (κ1) is 15.7. The number of fused-ring (bicyclic) bond motifs is 1. The molecule has 3 aromatic heterocycles. The van der Waals surface area contributed by atoms with Crippen molar-refractivity contribution in [2.45, 2.75) is 13.0 Å². The molecule has 0 aliphatic heterocycles. The second-order valence-electron chi connectivity index (χ2n) is 5.69. The Morgan fingerprint density at radius 1 is 1.39 bits per heavy atom. The summed E-state index contributed by atoms with van der Waals surface area (Å²) in [6.45, 7) is 2.43. The highest BCUT2D eigenvalue weighted by molar-refractivity contribution is 7.07. The Kier molecular flexibility index (Phi) is 4.45. The summed E-state index contributed by atoms with van der Waals surface area (Å²) in [6.07, 6.45) is 0. The lowest BCUT2D eigenvalue weighted by Gasteiger charge is -2.23. The van der Waals surface area contributed by atoms with E-state index < -0.39 is 0 Å². The van der Waals surface area contributed by atoms with Crippen LogP contribution in [0, 0.1) is 6.92 Å². The van der Waals surface area contributed by atoms with Gasteiger partial charge in [0.2, 0.25) is 0 Å². The number of pyridine rings is 1. The zero-order valence-corrected chi connectivity index (χ0v) is 14.2. The molecule has 1 amide bonds. The van der Waals surface area contributed by atoms with Gasteiger partial charge in [-0.25, -0.2) is 4.98 Å². The van der Waals surface area contributed by atoms with Gasteiger partial charge in [-0.2, -0.15) is 11.3 Å². The number of nitrogens with zero attached hydrogens (tertiary/aromatic N) is 2. The van der Waals surface area contributed by atoms with Crippen LogP contribution >= 0.6 is 11.3 Å². The van der Waals surface area contributed by atoms with Crippen molar-refractivity contribution in [1.29, 1.82) is 0 Å². The van der Waals surface area contributed by atoms with Crippen molar-refractivity contribution in [1.82, 2.24) is 15.2 Å². The molecule has 1 atom stereocenters. The Hall–Kier alpha value is -2.18. The Labute approximate surface area is 138 Å². The van der Waals surface area contributed by atoms with Gasteiger partial charge in [0.15, 0.2) is 11.3 Å². The van der Waals surface area contributed by atoms with E-state index in [0.717, 1.165) is 5.69 Å². The molecule has 3 rings (SSSR count). The van der Waals surface area contributed by atoms with Gasteiger partial charge in [-0.3, -0.25) is 4.79 Å². The molecule has 0 unspecified atom stereocenters. The lowest BCUT2D eigenvalue weighted by atomic mass is 10.1. The lowest BCUT2D eigenvalue weighted by Crippen LogP contribution is -2.34. The SMILES string of the molecule is Cc1ccc2oc(C(=O)NC[C@@H](c3ccsc3)N(C)C)cc2n1. The number of amides is 1. The number of aromatic nitrogens is 1. The lowest BCUT2D eigenvalue weighted by molar-refractivity contribution is 0.0916. The largest absolute Gasteiger partial charge is 0.449 e. The maximum Gasteiger partial charge on any atom is 0.287 e. The number of furan rings is 1. The monoisotopic (exact) mass is 329 g/mol. The molecule has 0 spiro atoms. The second kappa shape index (κ2) is 6.52. The third kappa shape index (κ3) is 3.43. The molecule has 0 bridgehead atoms. The van der Waals surface area contributed by atoms with Crippen molar-refractivity contribution in [2.75, 3.05) is 20.6 Å². The molecular weight excluding hydrogens is 310 g/mol. The molecule has 3 heterocycles. The molecule has 0 aliphatic carbocycles. The third-order valence-corrected chi connectivity index (χ3v) is 4.45. The van der Waals surface area contributed by atoms with E-state index in [9.17, 15) is 4.79 Å². The Balaban J connectivity index is 1.72. The fourth-order valence-electron chi connectivity index (χ4n) is 2.48. The highest BCUT2D eigenvalue weighted by atomic mass is 32.1. The first-order chi connectivity index (χ1) is 11.0. The minimum Gasteiger partial charge on any atom is -0.449 e. The molecule has 120 valence electrons. The van der Waals surface area contributed by atoms with Gasteiger partial charge in [0, 0.05) is 18.3 Å². The molecule has 3 aromatic rings. The maximum atomic E-state index is 12.3. The van der Waals surface area contributed by atoms with Crippen LogP contribution < -0.4 is 5.32 Å². The fraction of sp³-hybridized carbons (Fsp3) is 0.294. The van der Waals surface area contributed by atoms with Crippen molar-refractivity contribution in [3.8, 4) is 0 Å². The maximum absolute atomic E-state index is 12.3. The number of carbonyl (C=O) groups is 1. The van der Waals surface area contributed by atoms with Crippen LogP contribution in [0.1, 0.15) is 27.9 Å². The van der Waals surface area contributed by atoms with Crippen molar-refractivity contribution < 1.29 is 9.21 Å². The minimum atomic E-state index is -0.220. The van der Waals surface area contributed by atoms with Crippen molar-refractivity contribution in [2.24, 2.45) is 0 Å². The van der Waals surface area contributed by atoms with E-state index in [1.54, 1.807) is 17.4 Å². The topological polar surface area (TPSA) is 58.4 Å². The summed E-state index contributed by atoms with van der Waals surface area (Å²) in [7, 11) is 4.00. The molecule has 6 heteroatoms. The van der Waals surface area contributed by atoms with Gasteiger partial charge in [0.1, 0.15) is 5.52 Å². The van der Waals surface area contributed by atoms with Crippen LogP contribution in [0.15, 0.2) is 39.4 Å². The number of hydrogen-bond acceptors (Lipinski definition) is 5. The van der Waals surface area contributed by atoms with Gasteiger partial charge < -0.3 is 14.6 Å². The van der Waals surface area contributed by atoms with Crippen molar-refractivity contribution in [3.63, 3.8) is 0 Å². The van der Waals surface area contributed by atoms with E-state index in [1.807, 2.05) is 38.5 Å². The van der Waals surface area contributed by atoms with E-state index in [-0.39, 0.29) is 11.9 Å². The van der Waals surface area contributed by atoms with Crippen LogP contribution in [0.25, 0.3) is 11.1 Å². The summed E-state index contributed by atoms with van der Waals surface area (Å²) >= 11 is 1.65. The second-order valence-corrected chi connectivity index (χ2v) is 6.47. The predicted octanol–water partition coefficient (Wildman–Crippen LogP) is 3.23. The van der Waals surface area contributed by atoms with Crippen LogP contribution in [0.2, 0.25) is 0 Å². The third-order valence-electron chi connectivity index (χ3n) is 3.74. The summed E-state index contributed by atoms with van der Waals surface area (Å²) in [5.74, 6) is 0.0728. The van der Waals surface area contributed by atoms with Crippen LogP contribution in [-0.4, -0.2) is 36.4 Å². The first-order valence-electron chi connectivity index (χ1n) is 7.38. The Morgan fingerprint density at radius 2 is 2.22 bits per heavy atom. The highest BCUT2D eigenvalue weighted by Gasteiger charge is 2.18. The van der Waals surface area contributed by atoms with E-state index in [0.29, 0.717) is 23.4 Å². The zero-order valence-electron chi connectivity index (χ0n) is 13.4. The molecule has 0 saturated heterocycles. The first-order valence-corrected chi connectivity index (χ1v) is 8.33. The number of carbonyl (C=O) groups excluding carboxylic acids is 1. The average molecular weight is 329 g/mol. The summed E-state index contributed by atoms with van der Waals surface area (Å²) < 4.78 is 5.58. The van der Waals surface area contributed by atoms with Gasteiger partial charge in [-0.1, -0.05) is 0 Å². The fourth-order valence-corrected chi connectivity index (χ4v) is 3.18. The number of rotatable bonds is 5. The standard InChI is InChI=1S/C17H19N3O2S/c1-11-4-5-15-13(19-11)8-16(22-15)17(21)18-9-14(20(2)3)12-6-7-23-10-12/h4-8,10,14H,9H2,1-3H3,(H,18,21)/t14-/m0/s1. The van der Waals surface area contributed by atoms with E-state index in [2.05, 4.69) is 26.6 Å². The number of aryl methyl sites for hydroxylation is 1. The van der Waals surface area contributed by atoms with E-state index >= 15 is 0 Å². The molecule has 1 N–H and O–H groups in total. The Morgan fingerprint density at radius 3 is 2.91 bits per heavy atom. The van der Waals surface area contributed by atoms with Crippen LogP contribution in [-0.2, 0) is 0 Å². The van der Waals surface area contributed by atoms with E-state index in [4.69, 9.17) is 4.42 Å². The quantitative estimate of drug-likeness (QED) is 0.781. The average Bonchev–Trinajstić information content (AvgIpc) is 3.15. The molecular formula is C17H19N3O2S. The molecule has 0 fully saturated rings. The Bertz CT molecular complexity index is 808. The number of likely N-dealkylation sites (N-methyl/N-ethyl adjacent to an activating group) is 1. The van der Waals surface area contributed by atoms with Gasteiger partial charge in [-0.05, 0) is 55.5 Å². The van der Waals surface area contributed by atoms with Crippen LogP contribution in [0.3, 0.4) is 0 Å². The van der Waals surface area contributed by atoms with Crippen LogP contribution in [0.4, 0.5) is 0 Å². The summed E-state index contributed by atoms with van der Waals surface area (Å²) in [4.78, 5) is 18.8. The molecule has 0 aromatic carbocycles. The van der Waals surface area contributed by atoms with Gasteiger partial charge in [0.25, 0.3) is 5.91 Å². The molecule has 0 radical (unpaired) electrons. The smallest absolute Gasteiger partial charge is 0.287 e. The van der Waals surface area contributed by atoms with Gasteiger partial charge >= 0.3 is 0 Å². The summed E-state index contributed by atoms with van der Waals surface area (Å²) in [5.41, 5.74) is 3.43. The van der Waals surface area contributed by atoms with Crippen molar-refractivity contribution in [3.05, 3.63) is 52.0 Å².